The van der Waals surface area contributed by atoms with Crippen LogP contribution in [-0.2, 0) is 9.53 Å². The Hall–Kier alpha value is -3.29. The van der Waals surface area contributed by atoms with Gasteiger partial charge in [-0.2, -0.15) is 0 Å². The topological polar surface area (TPSA) is 116 Å². The summed E-state index contributed by atoms with van der Waals surface area (Å²) in [5.41, 5.74) is 6.89. The van der Waals surface area contributed by atoms with Gasteiger partial charge in [0.2, 0.25) is 5.91 Å². The molecule has 2 amide bonds. The molecule has 0 bridgehead atoms. The maximum atomic E-state index is 12.4. The third kappa shape index (κ3) is 6.46. The van der Waals surface area contributed by atoms with E-state index in [-0.39, 0.29) is 12.4 Å². The summed E-state index contributed by atoms with van der Waals surface area (Å²) < 4.78 is 11.0. The van der Waals surface area contributed by atoms with Gasteiger partial charge in [0.15, 0.2) is 17.8 Å². The quantitative estimate of drug-likeness (QED) is 0.658. The molecule has 1 aromatic heterocycles. The van der Waals surface area contributed by atoms with Gasteiger partial charge < -0.3 is 25.8 Å². The van der Waals surface area contributed by atoms with Crippen LogP contribution in [0.2, 0.25) is 0 Å². The summed E-state index contributed by atoms with van der Waals surface area (Å²) in [6, 6.07) is 10.8. The van der Waals surface area contributed by atoms with Crippen molar-refractivity contribution in [3.05, 3.63) is 53.7 Å². The van der Waals surface area contributed by atoms with E-state index in [1.165, 1.54) is 0 Å². The maximum absolute atomic E-state index is 12.4. The first kappa shape index (κ1) is 21.0. The molecule has 2 aromatic rings. The van der Waals surface area contributed by atoms with Gasteiger partial charge in [-0.15, -0.1) is 0 Å². The highest BCUT2D eigenvalue weighted by atomic mass is 16.6. The molecule has 1 aromatic carbocycles. The lowest BCUT2D eigenvalue weighted by Crippen LogP contribution is -2.42. The lowest BCUT2D eigenvalue weighted by atomic mass is 10.1. The third-order valence-electron chi connectivity index (χ3n) is 3.60. The number of carbonyl (C=O) groups excluding carboxylic acids is 2. The number of nitrogens with two attached hydrogens (primary N) is 1. The number of aryl methyl sites for hydroxylation is 1. The van der Waals surface area contributed by atoms with Crippen molar-refractivity contribution in [1.82, 2.24) is 15.6 Å². The lowest BCUT2D eigenvalue weighted by molar-refractivity contribution is -0.122. The predicted molar refractivity (Wildman–Crippen MR) is 106 cm³/mol. The number of benzene rings is 1. The van der Waals surface area contributed by atoms with Crippen LogP contribution in [0.25, 0.3) is 0 Å². The Balaban J connectivity index is 2.10. The van der Waals surface area contributed by atoms with Crippen molar-refractivity contribution < 1.29 is 19.1 Å². The highest BCUT2D eigenvalue weighted by Gasteiger charge is 2.21. The molecule has 2 rings (SSSR count). The Bertz CT molecular complexity index is 833. The van der Waals surface area contributed by atoms with Gasteiger partial charge in [-0.05, 0) is 45.4 Å². The second kappa shape index (κ2) is 9.07. The van der Waals surface area contributed by atoms with Crippen molar-refractivity contribution in [2.24, 2.45) is 0 Å². The van der Waals surface area contributed by atoms with E-state index in [9.17, 15) is 9.59 Å². The van der Waals surface area contributed by atoms with E-state index in [0.29, 0.717) is 5.75 Å². The van der Waals surface area contributed by atoms with E-state index in [4.69, 9.17) is 15.2 Å². The van der Waals surface area contributed by atoms with E-state index < -0.39 is 23.8 Å². The van der Waals surface area contributed by atoms with E-state index in [1.54, 1.807) is 39.1 Å². The number of hydrogen-bond donors (Lipinski definition) is 3. The van der Waals surface area contributed by atoms with Gasteiger partial charge in [0, 0.05) is 11.8 Å². The number of alkyl carbamates (subject to hydrolysis) is 1. The number of aromatic nitrogens is 1. The van der Waals surface area contributed by atoms with E-state index >= 15 is 0 Å². The molecule has 0 aliphatic heterocycles. The van der Waals surface area contributed by atoms with E-state index in [1.807, 2.05) is 31.2 Å². The zero-order valence-corrected chi connectivity index (χ0v) is 16.5. The molecule has 8 heteroatoms. The molecule has 1 atom stereocenters. The van der Waals surface area contributed by atoms with Crippen LogP contribution in [0.4, 0.5) is 10.6 Å². The predicted octanol–water partition coefficient (Wildman–Crippen LogP) is 2.69. The van der Waals surface area contributed by atoms with Crippen molar-refractivity contribution in [3.63, 3.8) is 0 Å². The number of nitrogens with one attached hydrogen (secondary N) is 2. The summed E-state index contributed by atoms with van der Waals surface area (Å²) in [7, 11) is 0. The van der Waals surface area contributed by atoms with Crippen molar-refractivity contribution in [2.45, 2.75) is 39.5 Å². The monoisotopic (exact) mass is 386 g/mol. The summed E-state index contributed by atoms with van der Waals surface area (Å²) in [6.45, 7) is 6.87. The van der Waals surface area contributed by atoms with Crippen LogP contribution in [0.15, 0.2) is 42.6 Å². The summed E-state index contributed by atoms with van der Waals surface area (Å²) in [5, 5.41) is 5.17. The third-order valence-corrected chi connectivity index (χ3v) is 3.60. The van der Waals surface area contributed by atoms with Gasteiger partial charge in [-0.1, -0.05) is 24.3 Å². The summed E-state index contributed by atoms with van der Waals surface area (Å²) >= 11 is 0. The second-order valence-electron chi connectivity index (χ2n) is 7.16. The number of rotatable bonds is 6. The number of pyridine rings is 1. The van der Waals surface area contributed by atoms with Crippen molar-refractivity contribution in [2.75, 3.05) is 12.3 Å². The van der Waals surface area contributed by atoms with Crippen LogP contribution in [0.5, 0.6) is 5.75 Å². The molecular weight excluding hydrogens is 360 g/mol. The van der Waals surface area contributed by atoms with Gasteiger partial charge in [-0.3, -0.25) is 4.79 Å². The van der Waals surface area contributed by atoms with Crippen LogP contribution in [-0.4, -0.2) is 29.1 Å². The smallest absolute Gasteiger partial charge is 0.408 e. The normalized spacial score (nSPS) is 12.0. The van der Waals surface area contributed by atoms with Crippen molar-refractivity contribution >= 4 is 17.8 Å². The fourth-order valence-corrected chi connectivity index (χ4v) is 2.34. The number of carbonyl (C=O) groups is 2. The summed E-state index contributed by atoms with van der Waals surface area (Å²) in [6.07, 6.45) is 0.0713. The Morgan fingerprint density at radius 1 is 1.18 bits per heavy atom. The molecule has 28 heavy (non-hydrogen) atoms. The van der Waals surface area contributed by atoms with Gasteiger partial charge in [0.05, 0.1) is 0 Å². The largest absolute Gasteiger partial charge is 0.463 e. The molecule has 1 unspecified atom stereocenters. The highest BCUT2D eigenvalue weighted by Crippen LogP contribution is 2.25. The minimum Gasteiger partial charge on any atom is -0.463 e. The molecule has 0 radical (unpaired) electrons. The Labute approximate surface area is 164 Å². The van der Waals surface area contributed by atoms with E-state index in [2.05, 4.69) is 15.6 Å². The Morgan fingerprint density at radius 3 is 2.54 bits per heavy atom. The van der Waals surface area contributed by atoms with Gasteiger partial charge in [0.25, 0.3) is 0 Å². The molecule has 4 N–H and O–H groups in total. The first-order valence-electron chi connectivity index (χ1n) is 8.84. The minimum absolute atomic E-state index is 0.210. The van der Waals surface area contributed by atoms with Crippen LogP contribution < -0.4 is 21.1 Å². The van der Waals surface area contributed by atoms with Gasteiger partial charge >= 0.3 is 6.09 Å². The summed E-state index contributed by atoms with van der Waals surface area (Å²) in [5.74, 6) is 0.111. The average molecular weight is 386 g/mol. The second-order valence-corrected chi connectivity index (χ2v) is 7.16. The Morgan fingerprint density at radius 2 is 1.89 bits per heavy atom. The SMILES string of the molecule is Cc1ccccc1C(NC(=O)CNC(=O)OC(C)(C)C)Oc1cccnc1N. The molecule has 0 fully saturated rings. The number of nitrogens with zero attached hydrogens (tertiary/aromatic N) is 1. The number of nitrogen functional groups attached to an aromatic ring is 1. The number of hydrogen-bond acceptors (Lipinski definition) is 6. The Kier molecular flexibility index (Phi) is 6.81. The van der Waals surface area contributed by atoms with Crippen LogP contribution in [0.1, 0.15) is 38.1 Å². The fraction of sp³-hybridized carbons (Fsp3) is 0.350. The molecule has 1 heterocycles. The minimum atomic E-state index is -0.805. The standard InChI is InChI=1S/C20H26N4O4/c1-13-8-5-6-9-14(13)18(27-15-10-7-11-22-17(15)21)24-16(25)12-23-19(26)28-20(2,3)4/h5-11,18H,12H2,1-4H3,(H2,21,22)(H,23,26)(H,24,25). The van der Waals surface area contributed by atoms with Crippen molar-refractivity contribution in [1.29, 1.82) is 0 Å². The van der Waals surface area contributed by atoms with Gasteiger partial charge in [-0.25, -0.2) is 9.78 Å². The number of anilines is 1. The van der Waals surface area contributed by atoms with Crippen molar-refractivity contribution in [3.8, 4) is 5.75 Å². The fourth-order valence-electron chi connectivity index (χ4n) is 2.34. The highest BCUT2D eigenvalue weighted by molar-refractivity contribution is 5.82. The average Bonchev–Trinajstić information content (AvgIpc) is 2.60. The molecule has 150 valence electrons. The zero-order chi connectivity index (χ0) is 20.7. The number of amides is 2. The summed E-state index contributed by atoms with van der Waals surface area (Å²) in [4.78, 5) is 28.1. The molecule has 0 saturated carbocycles. The maximum Gasteiger partial charge on any atom is 0.408 e. The first-order valence-corrected chi connectivity index (χ1v) is 8.84. The zero-order valence-electron chi connectivity index (χ0n) is 16.5. The molecule has 0 aliphatic rings. The molecule has 0 aliphatic carbocycles. The first-order chi connectivity index (χ1) is 13.2. The molecule has 8 nitrogen and oxygen atoms in total. The van der Waals surface area contributed by atoms with E-state index in [0.717, 1.165) is 11.1 Å². The van der Waals surface area contributed by atoms with Crippen LogP contribution >= 0.6 is 0 Å². The molecule has 0 saturated heterocycles. The van der Waals surface area contributed by atoms with Gasteiger partial charge in [0.1, 0.15) is 12.1 Å². The lowest BCUT2D eigenvalue weighted by Gasteiger charge is -2.23. The molecule has 0 spiro atoms. The molecular formula is C20H26N4O4. The van der Waals surface area contributed by atoms with Crippen LogP contribution in [0, 0.1) is 6.92 Å². The number of ether oxygens (including phenoxy) is 2. The van der Waals surface area contributed by atoms with Crippen LogP contribution in [0.3, 0.4) is 0 Å².